The summed E-state index contributed by atoms with van der Waals surface area (Å²) in [5, 5.41) is 13.1. The van der Waals surface area contributed by atoms with E-state index in [1.807, 2.05) is 20.8 Å². The second-order valence-corrected chi connectivity index (χ2v) is 14.0. The van der Waals surface area contributed by atoms with E-state index in [2.05, 4.69) is 5.32 Å². The fourth-order valence-electron chi connectivity index (χ4n) is 6.39. The van der Waals surface area contributed by atoms with E-state index in [1.165, 1.54) is 33.3 Å². The van der Waals surface area contributed by atoms with Crippen LogP contribution in [-0.2, 0) is 27.3 Å². The van der Waals surface area contributed by atoms with Crippen LogP contribution in [-0.4, -0.2) is 80.2 Å². The first-order valence-electron chi connectivity index (χ1n) is 16.4. The Hall–Kier alpha value is -4.97. The van der Waals surface area contributed by atoms with Gasteiger partial charge in [0.05, 0.1) is 58.4 Å². The Labute approximate surface area is 303 Å². The van der Waals surface area contributed by atoms with Gasteiger partial charge in [-0.3, -0.25) is 19.3 Å². The van der Waals surface area contributed by atoms with Crippen molar-refractivity contribution in [1.29, 1.82) is 0 Å². The molecule has 0 bridgehead atoms. The van der Waals surface area contributed by atoms with E-state index in [0.717, 1.165) is 4.90 Å². The van der Waals surface area contributed by atoms with Crippen molar-refractivity contribution >= 4 is 35.4 Å². The van der Waals surface area contributed by atoms with Gasteiger partial charge in [-0.05, 0) is 53.6 Å². The molecule has 1 saturated heterocycles. The van der Waals surface area contributed by atoms with Gasteiger partial charge < -0.3 is 34.3 Å². The standard InChI is InChI=1S/C38H46ClN3O9/c1-22(23-9-11-24(12-10-23)34(36(45)46)38(2,3)4)40-37(47)42-21-33(43)41(20-29-31(50-7)17-28(48-5)18-32(29)51-8)19-26(35(42)44)15-25-16-27(39)13-14-30(25)49-6/h9-14,16-18,22,26,34H,15,19-21H2,1-8H3,(H,40,47)(H,45,46)/t22-,26+,34?/m0/s1. The SMILES string of the molecule is COc1cc(OC)c(CN2C[C@@H](Cc3cc(Cl)ccc3OC)C(=O)N(C(=O)N[C@@H](C)c3ccc(C(C(=O)O)C(C)(C)C)cc3)CC2=O)c(OC)c1. The van der Waals surface area contributed by atoms with Crippen LogP contribution < -0.4 is 24.3 Å². The maximum absolute atomic E-state index is 14.2. The molecule has 0 radical (unpaired) electrons. The summed E-state index contributed by atoms with van der Waals surface area (Å²) < 4.78 is 22.2. The lowest BCUT2D eigenvalue weighted by Gasteiger charge is -2.28. The Morgan fingerprint density at radius 1 is 0.902 bits per heavy atom. The second kappa shape index (κ2) is 16.4. The van der Waals surface area contributed by atoms with E-state index >= 15 is 0 Å². The lowest BCUT2D eigenvalue weighted by molar-refractivity contribution is -0.141. The van der Waals surface area contributed by atoms with E-state index in [0.29, 0.717) is 50.3 Å². The highest BCUT2D eigenvalue weighted by molar-refractivity contribution is 6.30. The molecule has 3 aromatic carbocycles. The zero-order valence-corrected chi connectivity index (χ0v) is 31.0. The number of urea groups is 1. The van der Waals surface area contributed by atoms with Crippen molar-refractivity contribution in [2.24, 2.45) is 11.3 Å². The highest BCUT2D eigenvalue weighted by atomic mass is 35.5. The number of carboxylic acids is 1. The summed E-state index contributed by atoms with van der Waals surface area (Å²) in [6.45, 7) is 6.83. The first kappa shape index (κ1) is 38.8. The average molecular weight is 724 g/mol. The van der Waals surface area contributed by atoms with Gasteiger partial charge in [0.2, 0.25) is 11.8 Å². The number of carboxylic acid groups (broad SMARTS) is 1. The van der Waals surface area contributed by atoms with Crippen LogP contribution in [0.25, 0.3) is 0 Å². The third-order valence-corrected chi connectivity index (χ3v) is 9.28. The number of nitrogens with one attached hydrogen (secondary N) is 1. The molecule has 3 atom stereocenters. The van der Waals surface area contributed by atoms with Crippen molar-refractivity contribution in [2.45, 2.75) is 52.6 Å². The van der Waals surface area contributed by atoms with Crippen molar-refractivity contribution in [2.75, 3.05) is 41.5 Å². The van der Waals surface area contributed by atoms with Gasteiger partial charge in [0.1, 0.15) is 29.5 Å². The molecule has 274 valence electrons. The van der Waals surface area contributed by atoms with Gasteiger partial charge in [-0.2, -0.15) is 0 Å². The second-order valence-electron chi connectivity index (χ2n) is 13.5. The monoisotopic (exact) mass is 723 g/mol. The summed E-state index contributed by atoms with van der Waals surface area (Å²) in [4.78, 5) is 56.5. The summed E-state index contributed by atoms with van der Waals surface area (Å²) >= 11 is 6.32. The Morgan fingerprint density at radius 3 is 2.02 bits per heavy atom. The number of benzene rings is 3. The van der Waals surface area contributed by atoms with Crippen LogP contribution in [0.1, 0.15) is 61.9 Å². The van der Waals surface area contributed by atoms with E-state index in [9.17, 15) is 24.3 Å². The number of imide groups is 1. The van der Waals surface area contributed by atoms with Crippen LogP contribution in [0.5, 0.6) is 23.0 Å². The summed E-state index contributed by atoms with van der Waals surface area (Å²) in [5.74, 6) is -1.66. The lowest BCUT2D eigenvalue weighted by atomic mass is 9.76. The number of carbonyl (C=O) groups excluding carboxylic acids is 3. The van der Waals surface area contributed by atoms with Crippen LogP contribution in [0.2, 0.25) is 5.02 Å². The first-order chi connectivity index (χ1) is 24.1. The van der Waals surface area contributed by atoms with E-state index in [4.69, 9.17) is 30.5 Å². The third-order valence-electron chi connectivity index (χ3n) is 9.04. The van der Waals surface area contributed by atoms with Gasteiger partial charge in [-0.15, -0.1) is 0 Å². The number of rotatable bonds is 12. The number of aliphatic carboxylic acids is 1. The molecular formula is C38H46ClN3O9. The molecule has 1 aliphatic rings. The molecule has 12 nitrogen and oxygen atoms in total. The van der Waals surface area contributed by atoms with Gasteiger partial charge in [0, 0.05) is 23.7 Å². The molecule has 13 heteroatoms. The number of halogens is 1. The number of hydrogen-bond acceptors (Lipinski definition) is 8. The molecule has 1 unspecified atom stereocenters. The van der Waals surface area contributed by atoms with Crippen molar-refractivity contribution in [1.82, 2.24) is 15.1 Å². The molecule has 4 amide bonds. The number of ether oxygens (including phenoxy) is 4. The van der Waals surface area contributed by atoms with E-state index in [1.54, 1.807) is 61.5 Å². The molecule has 3 aromatic rings. The minimum Gasteiger partial charge on any atom is -0.496 e. The molecule has 51 heavy (non-hydrogen) atoms. The Bertz CT molecular complexity index is 1730. The maximum Gasteiger partial charge on any atom is 0.325 e. The van der Waals surface area contributed by atoms with Crippen molar-refractivity contribution in [3.63, 3.8) is 0 Å². The van der Waals surface area contributed by atoms with E-state index in [-0.39, 0.29) is 19.5 Å². The molecule has 0 spiro atoms. The summed E-state index contributed by atoms with van der Waals surface area (Å²) in [7, 11) is 6.02. The number of methoxy groups -OCH3 is 4. The average Bonchev–Trinajstić information content (AvgIpc) is 3.19. The van der Waals surface area contributed by atoms with Crippen LogP contribution in [0.15, 0.2) is 54.6 Å². The molecule has 1 aliphatic heterocycles. The van der Waals surface area contributed by atoms with Crippen LogP contribution in [0.4, 0.5) is 4.79 Å². The zero-order valence-electron chi connectivity index (χ0n) is 30.2. The largest absolute Gasteiger partial charge is 0.496 e. The van der Waals surface area contributed by atoms with Crippen LogP contribution in [0.3, 0.4) is 0 Å². The Morgan fingerprint density at radius 2 is 1.49 bits per heavy atom. The minimum absolute atomic E-state index is 0.0228. The predicted molar refractivity (Wildman–Crippen MR) is 192 cm³/mol. The van der Waals surface area contributed by atoms with E-state index < -0.39 is 53.7 Å². The van der Waals surface area contributed by atoms with Crippen molar-refractivity contribution in [3.05, 3.63) is 81.9 Å². The van der Waals surface area contributed by atoms with Gasteiger partial charge in [0.25, 0.3) is 0 Å². The quantitative estimate of drug-likeness (QED) is 0.227. The molecule has 0 saturated carbocycles. The molecule has 0 aliphatic carbocycles. The number of amides is 4. The number of nitrogens with zero attached hydrogens (tertiary/aromatic N) is 2. The van der Waals surface area contributed by atoms with Gasteiger partial charge in [-0.1, -0.05) is 56.6 Å². The molecule has 1 fully saturated rings. The maximum atomic E-state index is 14.2. The summed E-state index contributed by atoms with van der Waals surface area (Å²) in [5.41, 5.74) is 2.01. The van der Waals surface area contributed by atoms with Gasteiger partial charge >= 0.3 is 12.0 Å². The topological polar surface area (TPSA) is 144 Å². The highest BCUT2D eigenvalue weighted by Gasteiger charge is 2.39. The third kappa shape index (κ3) is 9.04. The Balaban J connectivity index is 1.65. The highest BCUT2D eigenvalue weighted by Crippen LogP contribution is 2.37. The number of hydrogen-bond donors (Lipinski definition) is 2. The molecule has 4 rings (SSSR count). The predicted octanol–water partition coefficient (Wildman–Crippen LogP) is 6.09. The summed E-state index contributed by atoms with van der Waals surface area (Å²) in [6, 6.07) is 14.1. The molecule has 1 heterocycles. The first-order valence-corrected chi connectivity index (χ1v) is 16.8. The summed E-state index contributed by atoms with van der Waals surface area (Å²) in [6.07, 6.45) is 0.128. The van der Waals surface area contributed by atoms with Crippen LogP contribution >= 0.6 is 11.6 Å². The Kier molecular flexibility index (Phi) is 12.5. The lowest BCUT2D eigenvalue weighted by Crippen LogP contribution is -2.48. The molecular weight excluding hydrogens is 678 g/mol. The normalized spacial score (nSPS) is 16.2. The van der Waals surface area contributed by atoms with Crippen molar-refractivity contribution in [3.8, 4) is 23.0 Å². The molecule has 2 N–H and O–H groups in total. The zero-order chi connectivity index (χ0) is 37.6. The minimum atomic E-state index is -0.927. The smallest absolute Gasteiger partial charge is 0.325 e. The number of carbonyl (C=O) groups is 4. The molecule has 0 aromatic heterocycles. The van der Waals surface area contributed by atoms with Crippen LogP contribution in [0, 0.1) is 11.3 Å². The fraction of sp³-hybridized carbons (Fsp3) is 0.421. The van der Waals surface area contributed by atoms with Gasteiger partial charge in [0.15, 0.2) is 0 Å². The fourth-order valence-corrected chi connectivity index (χ4v) is 6.58. The van der Waals surface area contributed by atoms with Crippen molar-refractivity contribution < 1.29 is 43.2 Å². The van der Waals surface area contributed by atoms with Gasteiger partial charge in [-0.25, -0.2) is 4.79 Å².